The highest BCUT2D eigenvalue weighted by Gasteiger charge is 2.12. The molecule has 0 amide bonds. The Morgan fingerprint density at radius 1 is 1.21 bits per heavy atom. The zero-order valence-electron chi connectivity index (χ0n) is 10.3. The molecule has 2 nitrogen and oxygen atoms in total. The van der Waals surface area contributed by atoms with E-state index < -0.39 is 5.82 Å². The molecule has 2 rings (SSSR count). The fourth-order valence-electron chi connectivity index (χ4n) is 1.70. The van der Waals surface area contributed by atoms with Crippen LogP contribution in [0.2, 0.25) is 5.02 Å². The minimum atomic E-state index is -0.540. The van der Waals surface area contributed by atoms with Gasteiger partial charge in [0.2, 0.25) is 0 Å². The molecular weight excluding hydrogens is 267 g/mol. The van der Waals surface area contributed by atoms with Crippen molar-refractivity contribution in [3.63, 3.8) is 0 Å². The molecule has 0 spiro atoms. The summed E-state index contributed by atoms with van der Waals surface area (Å²) < 4.78 is 18.4. The summed E-state index contributed by atoms with van der Waals surface area (Å²) in [4.78, 5) is 12.2. The predicted octanol–water partition coefficient (Wildman–Crippen LogP) is 4.11. The van der Waals surface area contributed by atoms with Crippen LogP contribution in [0.5, 0.6) is 5.75 Å². The SMILES string of the molecule is CCOc1cccc(C(=O)c2ccc(F)c(Cl)c2)c1. The van der Waals surface area contributed by atoms with Crippen molar-refractivity contribution in [1.82, 2.24) is 0 Å². The van der Waals surface area contributed by atoms with E-state index >= 15 is 0 Å². The Hall–Kier alpha value is -1.87. The van der Waals surface area contributed by atoms with Gasteiger partial charge in [0.25, 0.3) is 0 Å². The molecular formula is C15H12ClFO2. The Balaban J connectivity index is 2.32. The Kier molecular flexibility index (Phi) is 4.17. The Labute approximate surface area is 115 Å². The van der Waals surface area contributed by atoms with Crippen molar-refractivity contribution < 1.29 is 13.9 Å². The molecule has 0 aromatic heterocycles. The van der Waals surface area contributed by atoms with E-state index in [1.54, 1.807) is 24.3 Å². The van der Waals surface area contributed by atoms with Gasteiger partial charge in [0, 0.05) is 11.1 Å². The maximum atomic E-state index is 13.1. The number of carbonyl (C=O) groups excluding carboxylic acids is 1. The molecule has 0 N–H and O–H groups in total. The maximum Gasteiger partial charge on any atom is 0.193 e. The third kappa shape index (κ3) is 3.12. The van der Waals surface area contributed by atoms with Crippen molar-refractivity contribution in [3.05, 3.63) is 64.4 Å². The first kappa shape index (κ1) is 13.6. The third-order valence-electron chi connectivity index (χ3n) is 2.59. The number of hydrogen-bond donors (Lipinski definition) is 0. The van der Waals surface area contributed by atoms with Crippen LogP contribution in [0.15, 0.2) is 42.5 Å². The lowest BCUT2D eigenvalue weighted by molar-refractivity contribution is 0.103. The molecule has 0 bridgehead atoms. The van der Waals surface area contributed by atoms with Gasteiger partial charge in [-0.1, -0.05) is 23.7 Å². The van der Waals surface area contributed by atoms with Crippen LogP contribution in [0.3, 0.4) is 0 Å². The van der Waals surface area contributed by atoms with Gasteiger partial charge in [0.1, 0.15) is 11.6 Å². The van der Waals surface area contributed by atoms with Crippen LogP contribution in [-0.2, 0) is 0 Å². The lowest BCUT2D eigenvalue weighted by Crippen LogP contribution is -2.02. The Morgan fingerprint density at radius 2 is 1.95 bits per heavy atom. The summed E-state index contributed by atoms with van der Waals surface area (Å²) in [6.45, 7) is 2.40. The first-order valence-electron chi connectivity index (χ1n) is 5.84. The van der Waals surface area contributed by atoms with E-state index in [2.05, 4.69) is 0 Å². The van der Waals surface area contributed by atoms with Crippen molar-refractivity contribution in [2.24, 2.45) is 0 Å². The molecule has 2 aromatic carbocycles. The molecule has 0 atom stereocenters. The second kappa shape index (κ2) is 5.85. The van der Waals surface area contributed by atoms with E-state index in [0.717, 1.165) is 0 Å². The highest BCUT2D eigenvalue weighted by atomic mass is 35.5. The Morgan fingerprint density at radius 3 is 2.63 bits per heavy atom. The number of halogens is 2. The molecule has 0 unspecified atom stereocenters. The molecule has 2 aromatic rings. The highest BCUT2D eigenvalue weighted by molar-refractivity contribution is 6.31. The minimum absolute atomic E-state index is 0.0631. The summed E-state index contributed by atoms with van der Waals surface area (Å²) >= 11 is 5.67. The predicted molar refractivity (Wildman–Crippen MR) is 72.5 cm³/mol. The van der Waals surface area contributed by atoms with Crippen LogP contribution >= 0.6 is 11.6 Å². The molecule has 0 fully saturated rings. The van der Waals surface area contributed by atoms with E-state index in [4.69, 9.17) is 16.3 Å². The average molecular weight is 279 g/mol. The second-order valence-corrected chi connectivity index (χ2v) is 4.33. The van der Waals surface area contributed by atoms with Gasteiger partial charge in [-0.25, -0.2) is 4.39 Å². The topological polar surface area (TPSA) is 26.3 Å². The van der Waals surface area contributed by atoms with Crippen LogP contribution in [-0.4, -0.2) is 12.4 Å². The molecule has 98 valence electrons. The van der Waals surface area contributed by atoms with Gasteiger partial charge in [0.05, 0.1) is 11.6 Å². The van der Waals surface area contributed by atoms with Crippen molar-refractivity contribution in [3.8, 4) is 5.75 Å². The van der Waals surface area contributed by atoms with Crippen LogP contribution in [0.25, 0.3) is 0 Å². The number of hydrogen-bond acceptors (Lipinski definition) is 2. The highest BCUT2D eigenvalue weighted by Crippen LogP contribution is 2.20. The quantitative estimate of drug-likeness (QED) is 0.787. The number of carbonyl (C=O) groups is 1. The van der Waals surface area contributed by atoms with Crippen molar-refractivity contribution >= 4 is 17.4 Å². The fourth-order valence-corrected chi connectivity index (χ4v) is 1.88. The summed E-state index contributed by atoms with van der Waals surface area (Å²) in [7, 11) is 0. The van der Waals surface area contributed by atoms with E-state index in [1.807, 2.05) is 6.92 Å². The third-order valence-corrected chi connectivity index (χ3v) is 2.88. The van der Waals surface area contributed by atoms with Crippen molar-refractivity contribution in [2.45, 2.75) is 6.92 Å². The number of ketones is 1. The molecule has 0 aliphatic heterocycles. The van der Waals surface area contributed by atoms with Gasteiger partial charge >= 0.3 is 0 Å². The molecule has 19 heavy (non-hydrogen) atoms. The van der Waals surface area contributed by atoms with E-state index in [-0.39, 0.29) is 10.8 Å². The number of ether oxygens (including phenoxy) is 1. The largest absolute Gasteiger partial charge is 0.494 e. The van der Waals surface area contributed by atoms with Gasteiger partial charge in [-0.3, -0.25) is 4.79 Å². The lowest BCUT2D eigenvalue weighted by Gasteiger charge is -2.06. The van der Waals surface area contributed by atoms with E-state index in [0.29, 0.717) is 23.5 Å². The lowest BCUT2D eigenvalue weighted by atomic mass is 10.0. The van der Waals surface area contributed by atoms with Gasteiger partial charge in [-0.15, -0.1) is 0 Å². The molecule has 0 saturated heterocycles. The minimum Gasteiger partial charge on any atom is -0.494 e. The molecule has 0 aliphatic carbocycles. The van der Waals surface area contributed by atoms with Crippen LogP contribution in [0.1, 0.15) is 22.8 Å². The number of rotatable bonds is 4. The first-order chi connectivity index (χ1) is 9.11. The first-order valence-corrected chi connectivity index (χ1v) is 6.22. The monoisotopic (exact) mass is 278 g/mol. The maximum absolute atomic E-state index is 13.1. The molecule has 0 radical (unpaired) electrons. The zero-order chi connectivity index (χ0) is 13.8. The fraction of sp³-hybridized carbons (Fsp3) is 0.133. The average Bonchev–Trinajstić information content (AvgIpc) is 2.42. The van der Waals surface area contributed by atoms with E-state index in [1.165, 1.54) is 18.2 Å². The smallest absolute Gasteiger partial charge is 0.193 e. The van der Waals surface area contributed by atoms with Gasteiger partial charge in [0.15, 0.2) is 5.78 Å². The summed E-state index contributed by atoms with van der Waals surface area (Å²) in [6.07, 6.45) is 0. The molecule has 0 heterocycles. The van der Waals surface area contributed by atoms with Crippen LogP contribution in [0, 0.1) is 5.82 Å². The van der Waals surface area contributed by atoms with E-state index in [9.17, 15) is 9.18 Å². The standard InChI is InChI=1S/C15H12ClFO2/c1-2-19-12-5-3-4-10(8-12)15(18)11-6-7-14(17)13(16)9-11/h3-9H,2H2,1H3. The number of benzene rings is 2. The van der Waals surface area contributed by atoms with Gasteiger partial charge < -0.3 is 4.74 Å². The summed E-state index contributed by atoms with van der Waals surface area (Å²) in [5, 5.41) is -0.0631. The van der Waals surface area contributed by atoms with Crippen molar-refractivity contribution in [1.29, 1.82) is 0 Å². The molecule has 0 aliphatic rings. The summed E-state index contributed by atoms with van der Waals surface area (Å²) in [6, 6.07) is 10.8. The Bertz CT molecular complexity index is 611. The summed E-state index contributed by atoms with van der Waals surface area (Å²) in [5.41, 5.74) is 0.827. The van der Waals surface area contributed by atoms with Gasteiger partial charge in [-0.05, 0) is 37.3 Å². The van der Waals surface area contributed by atoms with Crippen LogP contribution in [0.4, 0.5) is 4.39 Å². The normalized spacial score (nSPS) is 10.3. The van der Waals surface area contributed by atoms with Crippen molar-refractivity contribution in [2.75, 3.05) is 6.61 Å². The summed E-state index contributed by atoms with van der Waals surface area (Å²) in [5.74, 6) is -0.133. The van der Waals surface area contributed by atoms with Crippen LogP contribution < -0.4 is 4.74 Å². The second-order valence-electron chi connectivity index (χ2n) is 3.92. The molecule has 0 saturated carbocycles. The zero-order valence-corrected chi connectivity index (χ0v) is 11.1. The molecule has 4 heteroatoms. The van der Waals surface area contributed by atoms with Gasteiger partial charge in [-0.2, -0.15) is 0 Å².